The lowest BCUT2D eigenvalue weighted by atomic mass is 9.95. The topological polar surface area (TPSA) is 38.7 Å². The van der Waals surface area contributed by atoms with Gasteiger partial charge in [-0.3, -0.25) is 0 Å². The van der Waals surface area contributed by atoms with Gasteiger partial charge in [0.2, 0.25) is 0 Å². The Kier molecular flexibility index (Phi) is 9.02. The minimum Gasteiger partial charge on any atom is -0.246 e. The Hall–Kier alpha value is -8.05. The van der Waals surface area contributed by atoms with Gasteiger partial charge in [0, 0.05) is 53.4 Å². The largest absolute Gasteiger partial charge is 0.246 e. The Labute approximate surface area is 369 Å². The first-order valence-corrected chi connectivity index (χ1v) is 22.1. The highest BCUT2D eigenvalue weighted by Gasteiger charge is 2.20. The summed E-state index contributed by atoms with van der Waals surface area (Å²) < 4.78 is 2.52. The Morgan fingerprint density at radius 2 is 0.794 bits per heavy atom. The van der Waals surface area contributed by atoms with Crippen LogP contribution in [0.2, 0.25) is 0 Å². The van der Waals surface area contributed by atoms with E-state index in [2.05, 4.69) is 212 Å². The van der Waals surface area contributed by atoms with Crippen molar-refractivity contribution < 1.29 is 0 Å². The van der Waals surface area contributed by atoms with Crippen LogP contribution >= 0.6 is 11.3 Å². The van der Waals surface area contributed by atoms with Crippen molar-refractivity contribution in [1.82, 2.24) is 15.0 Å². The van der Waals surface area contributed by atoms with Crippen molar-refractivity contribution in [3.63, 3.8) is 0 Å². The second kappa shape index (κ2) is 15.4. The summed E-state index contributed by atoms with van der Waals surface area (Å²) in [6, 6.07) is 79.6. The highest BCUT2D eigenvalue weighted by molar-refractivity contribution is 7.26. The lowest BCUT2D eigenvalue weighted by Crippen LogP contribution is -1.96. The molecule has 0 saturated carbocycles. The van der Waals surface area contributed by atoms with Crippen molar-refractivity contribution in [3.8, 4) is 78.5 Å². The Bertz CT molecular complexity index is 3530. The normalized spacial score (nSPS) is 11.5. The number of fused-ring (bicyclic) bond motifs is 6. The maximum absolute atomic E-state index is 5.63. The number of hydrogen-bond donors (Lipinski definition) is 0. The van der Waals surface area contributed by atoms with Gasteiger partial charge in [-0.1, -0.05) is 212 Å². The summed E-state index contributed by atoms with van der Waals surface area (Å²) in [5, 5.41) is 6.02. The fourth-order valence-corrected chi connectivity index (χ4v) is 10.2. The van der Waals surface area contributed by atoms with Gasteiger partial charge in [0.25, 0.3) is 0 Å². The van der Waals surface area contributed by atoms with Crippen LogP contribution in [0.1, 0.15) is 0 Å². The zero-order chi connectivity index (χ0) is 41.7. The van der Waals surface area contributed by atoms with Gasteiger partial charge in [-0.25, -0.2) is 15.0 Å². The van der Waals surface area contributed by atoms with Crippen LogP contribution in [0.25, 0.3) is 120 Å². The van der Waals surface area contributed by atoms with E-state index >= 15 is 0 Å². The number of aromatic nitrogens is 3. The van der Waals surface area contributed by atoms with Gasteiger partial charge in [0.1, 0.15) is 0 Å². The molecule has 294 valence electrons. The molecule has 0 aliphatic rings. The summed E-state index contributed by atoms with van der Waals surface area (Å²) in [6.45, 7) is 0. The number of nitrogens with zero attached hydrogens (tertiary/aromatic N) is 3. The standard InChI is InChI=1S/C59H37N3S/c1-3-13-38(14-4-1)40-25-31-44(32-26-40)52-37-53(45-33-27-41(28-34-45)39-15-5-2-6-16-39)61-59(60-52)46-35-29-43(30-36-46)48-21-12-23-51-56(48)62-57(49-22-11-18-42-17-7-8-19-47(42)49)55-50-20-9-10-24-54(50)63-58(51)55/h1-37H. The fraction of sp³-hybridized carbons (Fsp3) is 0. The van der Waals surface area contributed by atoms with Crippen LogP contribution in [0.15, 0.2) is 224 Å². The lowest BCUT2D eigenvalue weighted by Gasteiger charge is -2.13. The second-order valence-corrected chi connectivity index (χ2v) is 17.0. The van der Waals surface area contributed by atoms with Crippen LogP contribution in [-0.4, -0.2) is 15.0 Å². The number of rotatable bonds is 7. The van der Waals surface area contributed by atoms with Gasteiger partial charge in [-0.2, -0.15) is 0 Å². The van der Waals surface area contributed by atoms with E-state index in [0.717, 1.165) is 61.4 Å². The molecule has 9 aromatic carbocycles. The molecule has 0 unspecified atom stereocenters. The predicted molar refractivity (Wildman–Crippen MR) is 266 cm³/mol. The van der Waals surface area contributed by atoms with Crippen LogP contribution in [0.4, 0.5) is 0 Å². The molecule has 0 aliphatic heterocycles. The smallest absolute Gasteiger partial charge is 0.160 e. The minimum atomic E-state index is 0.676. The highest BCUT2D eigenvalue weighted by atomic mass is 32.1. The van der Waals surface area contributed by atoms with Crippen LogP contribution in [0.3, 0.4) is 0 Å². The molecule has 4 heteroatoms. The van der Waals surface area contributed by atoms with Crippen molar-refractivity contribution in [2.45, 2.75) is 0 Å². The molecule has 63 heavy (non-hydrogen) atoms. The molecule has 0 N–H and O–H groups in total. The van der Waals surface area contributed by atoms with Crippen LogP contribution in [0.5, 0.6) is 0 Å². The molecular formula is C59H37N3S. The van der Waals surface area contributed by atoms with E-state index in [1.165, 1.54) is 53.2 Å². The molecule has 3 heterocycles. The summed E-state index contributed by atoms with van der Waals surface area (Å²) in [5.74, 6) is 0.676. The Morgan fingerprint density at radius 3 is 1.46 bits per heavy atom. The number of para-hydroxylation sites is 1. The van der Waals surface area contributed by atoms with E-state index < -0.39 is 0 Å². The van der Waals surface area contributed by atoms with Gasteiger partial charge in [-0.05, 0) is 50.7 Å². The van der Waals surface area contributed by atoms with Crippen molar-refractivity contribution in [1.29, 1.82) is 0 Å². The zero-order valence-electron chi connectivity index (χ0n) is 34.1. The zero-order valence-corrected chi connectivity index (χ0v) is 34.9. The number of hydrogen-bond acceptors (Lipinski definition) is 4. The van der Waals surface area contributed by atoms with E-state index in [1.807, 2.05) is 23.5 Å². The molecule has 0 fully saturated rings. The van der Waals surface area contributed by atoms with Crippen LogP contribution < -0.4 is 0 Å². The third-order valence-electron chi connectivity index (χ3n) is 12.1. The molecule has 0 aliphatic carbocycles. The van der Waals surface area contributed by atoms with E-state index in [9.17, 15) is 0 Å². The summed E-state index contributed by atoms with van der Waals surface area (Å²) in [5.41, 5.74) is 14.8. The minimum absolute atomic E-state index is 0.676. The molecular weight excluding hydrogens is 783 g/mol. The van der Waals surface area contributed by atoms with Gasteiger partial charge in [-0.15, -0.1) is 11.3 Å². The van der Waals surface area contributed by atoms with E-state index in [0.29, 0.717) is 5.82 Å². The van der Waals surface area contributed by atoms with Crippen molar-refractivity contribution in [3.05, 3.63) is 224 Å². The Balaban J connectivity index is 0.979. The molecule has 0 radical (unpaired) electrons. The van der Waals surface area contributed by atoms with Gasteiger partial charge < -0.3 is 0 Å². The fourth-order valence-electron chi connectivity index (χ4n) is 8.94. The maximum atomic E-state index is 5.63. The third-order valence-corrected chi connectivity index (χ3v) is 13.3. The summed E-state index contributed by atoms with van der Waals surface area (Å²) in [6.07, 6.45) is 0. The molecule has 0 atom stereocenters. The molecule has 0 amide bonds. The first-order valence-electron chi connectivity index (χ1n) is 21.3. The molecule has 0 saturated heterocycles. The molecule has 3 nitrogen and oxygen atoms in total. The van der Waals surface area contributed by atoms with E-state index in [4.69, 9.17) is 15.0 Å². The molecule has 12 rings (SSSR count). The van der Waals surface area contributed by atoms with E-state index in [-0.39, 0.29) is 0 Å². The number of thiophene rings is 1. The quantitative estimate of drug-likeness (QED) is 0.161. The second-order valence-electron chi connectivity index (χ2n) is 15.9. The maximum Gasteiger partial charge on any atom is 0.160 e. The first kappa shape index (κ1) is 36.8. The summed E-state index contributed by atoms with van der Waals surface area (Å²) >= 11 is 1.85. The third kappa shape index (κ3) is 6.65. The number of pyridine rings is 1. The molecule has 0 bridgehead atoms. The molecule has 3 aromatic heterocycles. The summed E-state index contributed by atoms with van der Waals surface area (Å²) in [4.78, 5) is 16.1. The predicted octanol–water partition coefficient (Wildman–Crippen LogP) is 16.2. The van der Waals surface area contributed by atoms with Crippen molar-refractivity contribution in [2.24, 2.45) is 0 Å². The molecule has 0 spiro atoms. The van der Waals surface area contributed by atoms with Crippen molar-refractivity contribution in [2.75, 3.05) is 0 Å². The summed E-state index contributed by atoms with van der Waals surface area (Å²) in [7, 11) is 0. The Morgan fingerprint density at radius 1 is 0.317 bits per heavy atom. The SMILES string of the molecule is c1ccc(-c2ccc(-c3cc(-c4ccc(-c5ccccc5)cc4)nc(-c4ccc(-c5cccc6c5nc(-c5cccc7ccccc57)c5c7ccccc7sc65)cc4)n3)cc2)cc1. The van der Waals surface area contributed by atoms with Crippen molar-refractivity contribution >= 4 is 53.2 Å². The van der Waals surface area contributed by atoms with Gasteiger partial charge >= 0.3 is 0 Å². The van der Waals surface area contributed by atoms with Crippen LogP contribution in [0, 0.1) is 0 Å². The highest BCUT2D eigenvalue weighted by Crippen LogP contribution is 2.46. The van der Waals surface area contributed by atoms with Gasteiger partial charge in [0.05, 0.1) is 22.6 Å². The molecule has 12 aromatic rings. The first-order chi connectivity index (χ1) is 31.2. The van der Waals surface area contributed by atoms with Gasteiger partial charge in [0.15, 0.2) is 5.82 Å². The van der Waals surface area contributed by atoms with E-state index in [1.54, 1.807) is 0 Å². The average Bonchev–Trinajstić information content (AvgIpc) is 3.77. The van der Waals surface area contributed by atoms with Crippen LogP contribution in [-0.2, 0) is 0 Å². The monoisotopic (exact) mass is 819 g/mol. The average molecular weight is 820 g/mol. The number of benzene rings is 9. The lowest BCUT2D eigenvalue weighted by molar-refractivity contribution is 1.18.